The lowest BCUT2D eigenvalue weighted by Crippen LogP contribution is -2.22. The summed E-state index contributed by atoms with van der Waals surface area (Å²) in [6, 6.07) is 6.34. The van der Waals surface area contributed by atoms with Crippen molar-refractivity contribution >= 4 is 33.2 Å². The second-order valence-electron chi connectivity index (χ2n) is 5.82. The highest BCUT2D eigenvalue weighted by atomic mass is 32.2. The summed E-state index contributed by atoms with van der Waals surface area (Å²) < 4.78 is 27.5. The van der Waals surface area contributed by atoms with E-state index in [-0.39, 0.29) is 29.6 Å². The molecule has 0 saturated carbocycles. The topological polar surface area (TPSA) is 107 Å². The predicted molar refractivity (Wildman–Crippen MR) is 87.4 cm³/mol. The van der Waals surface area contributed by atoms with Crippen LogP contribution in [0.5, 0.6) is 0 Å². The number of Topliss-reactive ketones (excluding diaryl/α,β-unsaturated/α-hetero) is 1. The predicted octanol–water partition coefficient (Wildman–Crippen LogP) is 1.20. The first-order chi connectivity index (χ1) is 11.2. The van der Waals surface area contributed by atoms with Crippen LogP contribution in [0.3, 0.4) is 0 Å². The van der Waals surface area contributed by atoms with Gasteiger partial charge in [0.15, 0.2) is 22.2 Å². The number of carbonyl (C=O) groups is 3. The van der Waals surface area contributed by atoms with Crippen LogP contribution in [0.1, 0.15) is 30.1 Å². The first-order valence-electron chi connectivity index (χ1n) is 7.52. The number of hydrogen-bond donors (Lipinski definition) is 1. The van der Waals surface area contributed by atoms with Gasteiger partial charge in [0.1, 0.15) is 0 Å². The molecule has 7 nitrogen and oxygen atoms in total. The molecular formula is C16H19NO6S. The third kappa shape index (κ3) is 5.45. The molecule has 2 rings (SSSR count). The highest BCUT2D eigenvalue weighted by molar-refractivity contribution is 7.91. The van der Waals surface area contributed by atoms with Gasteiger partial charge in [-0.1, -0.05) is 0 Å². The zero-order chi connectivity index (χ0) is 17.7. The molecule has 0 spiro atoms. The van der Waals surface area contributed by atoms with Gasteiger partial charge in [-0.2, -0.15) is 0 Å². The summed E-state index contributed by atoms with van der Waals surface area (Å²) >= 11 is 0. The number of anilines is 1. The molecule has 1 saturated heterocycles. The smallest absolute Gasteiger partial charge is 0.306 e. The fourth-order valence-corrected chi connectivity index (χ4v) is 4.32. The molecule has 0 bridgehead atoms. The van der Waals surface area contributed by atoms with Crippen molar-refractivity contribution in [2.24, 2.45) is 5.92 Å². The Morgan fingerprint density at radius 1 is 1.21 bits per heavy atom. The van der Waals surface area contributed by atoms with Crippen molar-refractivity contribution in [1.29, 1.82) is 0 Å². The van der Waals surface area contributed by atoms with Gasteiger partial charge in [-0.05, 0) is 43.5 Å². The van der Waals surface area contributed by atoms with Crippen molar-refractivity contribution in [3.63, 3.8) is 0 Å². The van der Waals surface area contributed by atoms with Gasteiger partial charge in [-0.25, -0.2) is 8.42 Å². The van der Waals surface area contributed by atoms with E-state index in [1.807, 2.05) is 0 Å². The summed E-state index contributed by atoms with van der Waals surface area (Å²) in [5.74, 6) is -1.30. The number of nitrogens with one attached hydrogen (secondary N) is 1. The normalized spacial score (nSPS) is 18.8. The Morgan fingerprint density at radius 3 is 2.42 bits per heavy atom. The largest absolute Gasteiger partial charge is 0.456 e. The molecule has 24 heavy (non-hydrogen) atoms. The Hall–Kier alpha value is -2.22. The number of amides is 1. The fourth-order valence-electron chi connectivity index (χ4n) is 2.46. The Bertz CT molecular complexity index is 738. The van der Waals surface area contributed by atoms with E-state index >= 15 is 0 Å². The molecule has 1 fully saturated rings. The number of ketones is 1. The number of benzene rings is 1. The quantitative estimate of drug-likeness (QED) is 0.608. The maximum Gasteiger partial charge on any atom is 0.306 e. The minimum absolute atomic E-state index is 0.000180. The summed E-state index contributed by atoms with van der Waals surface area (Å²) in [5.41, 5.74) is 1.02. The molecule has 1 aromatic carbocycles. The molecule has 0 radical (unpaired) electrons. The molecule has 0 unspecified atom stereocenters. The lowest BCUT2D eigenvalue weighted by molar-refractivity contribution is -0.148. The fraction of sp³-hybridized carbons (Fsp3) is 0.438. The molecule has 1 amide bonds. The lowest BCUT2D eigenvalue weighted by atomic mass is 10.1. The summed E-state index contributed by atoms with van der Waals surface area (Å²) in [7, 11) is -3.03. The number of ether oxygens (including phenoxy) is 1. The summed E-state index contributed by atoms with van der Waals surface area (Å²) in [6.07, 6.45) is 0.450. The van der Waals surface area contributed by atoms with Crippen LogP contribution in [0.25, 0.3) is 0 Å². The van der Waals surface area contributed by atoms with E-state index < -0.39 is 28.3 Å². The maximum absolute atomic E-state index is 11.7. The van der Waals surface area contributed by atoms with Crippen molar-refractivity contribution < 1.29 is 27.5 Å². The van der Waals surface area contributed by atoms with E-state index in [2.05, 4.69) is 5.32 Å². The molecule has 1 aliphatic rings. The average molecular weight is 353 g/mol. The van der Waals surface area contributed by atoms with Crippen LogP contribution in [0.15, 0.2) is 24.3 Å². The monoisotopic (exact) mass is 353 g/mol. The van der Waals surface area contributed by atoms with E-state index in [9.17, 15) is 22.8 Å². The minimum Gasteiger partial charge on any atom is -0.456 e. The Kier molecular flexibility index (Phi) is 5.71. The van der Waals surface area contributed by atoms with Gasteiger partial charge in [-0.3, -0.25) is 14.4 Å². The highest BCUT2D eigenvalue weighted by Crippen LogP contribution is 2.21. The zero-order valence-electron chi connectivity index (χ0n) is 13.3. The number of rotatable bonds is 6. The van der Waals surface area contributed by atoms with Crippen molar-refractivity contribution in [2.45, 2.75) is 19.8 Å². The van der Waals surface area contributed by atoms with Crippen LogP contribution >= 0.6 is 0 Å². The van der Waals surface area contributed by atoms with Gasteiger partial charge in [0.25, 0.3) is 5.91 Å². The van der Waals surface area contributed by atoms with Crippen LogP contribution in [0.2, 0.25) is 0 Å². The summed E-state index contributed by atoms with van der Waals surface area (Å²) in [5, 5.41) is 2.55. The van der Waals surface area contributed by atoms with Gasteiger partial charge < -0.3 is 10.1 Å². The first kappa shape index (κ1) is 18.1. The van der Waals surface area contributed by atoms with E-state index in [1.165, 1.54) is 6.92 Å². The number of carbonyl (C=O) groups excluding carboxylic acids is 3. The molecule has 0 aromatic heterocycles. The Labute approximate surface area is 140 Å². The number of esters is 1. The van der Waals surface area contributed by atoms with Crippen LogP contribution in [0.4, 0.5) is 5.69 Å². The van der Waals surface area contributed by atoms with Crippen LogP contribution in [0, 0.1) is 5.92 Å². The highest BCUT2D eigenvalue weighted by Gasteiger charge is 2.29. The molecule has 1 atom stereocenters. The van der Waals surface area contributed by atoms with Gasteiger partial charge in [-0.15, -0.1) is 0 Å². The summed E-state index contributed by atoms with van der Waals surface area (Å²) in [4.78, 5) is 34.5. The molecule has 1 aliphatic heterocycles. The first-order valence-corrected chi connectivity index (χ1v) is 9.34. The van der Waals surface area contributed by atoms with E-state index in [4.69, 9.17) is 4.74 Å². The second-order valence-corrected chi connectivity index (χ2v) is 8.04. The third-order valence-electron chi connectivity index (χ3n) is 3.72. The third-order valence-corrected chi connectivity index (χ3v) is 5.56. The maximum atomic E-state index is 11.7. The van der Waals surface area contributed by atoms with Crippen molar-refractivity contribution in [1.82, 2.24) is 0 Å². The summed E-state index contributed by atoms with van der Waals surface area (Å²) in [6.45, 7) is 1.01. The molecule has 130 valence electrons. The van der Waals surface area contributed by atoms with Crippen LogP contribution < -0.4 is 5.32 Å². The van der Waals surface area contributed by atoms with Gasteiger partial charge in [0.05, 0.1) is 11.5 Å². The van der Waals surface area contributed by atoms with E-state index in [0.29, 0.717) is 17.7 Å². The average Bonchev–Trinajstić information content (AvgIpc) is 2.84. The zero-order valence-corrected chi connectivity index (χ0v) is 14.1. The molecule has 1 heterocycles. The molecule has 8 heteroatoms. The molecular weight excluding hydrogens is 334 g/mol. The van der Waals surface area contributed by atoms with Crippen LogP contribution in [-0.4, -0.2) is 44.2 Å². The lowest BCUT2D eigenvalue weighted by Gasteiger charge is -2.09. The molecule has 1 N–H and O–H groups in total. The van der Waals surface area contributed by atoms with E-state index in [1.54, 1.807) is 24.3 Å². The Balaban J connectivity index is 1.74. The number of sulfone groups is 1. The van der Waals surface area contributed by atoms with Crippen molar-refractivity contribution in [2.75, 3.05) is 23.4 Å². The SMILES string of the molecule is CC(=O)c1ccc(NC(=O)COC(=O)C[C@@H]2CCS(=O)(=O)C2)cc1. The molecule has 0 aliphatic carbocycles. The molecule has 1 aromatic rings. The minimum atomic E-state index is -3.03. The van der Waals surface area contributed by atoms with Crippen molar-refractivity contribution in [3.05, 3.63) is 29.8 Å². The second kappa shape index (κ2) is 7.57. The van der Waals surface area contributed by atoms with Crippen molar-refractivity contribution in [3.8, 4) is 0 Å². The van der Waals surface area contributed by atoms with Crippen LogP contribution in [-0.2, 0) is 24.2 Å². The van der Waals surface area contributed by atoms with Gasteiger partial charge in [0, 0.05) is 17.7 Å². The standard InChI is InChI=1S/C16H19NO6S/c1-11(18)13-2-4-14(5-3-13)17-15(19)9-23-16(20)8-12-6-7-24(21,22)10-12/h2-5,12H,6-10H2,1H3,(H,17,19)/t12-/m0/s1. The Morgan fingerprint density at radius 2 is 1.88 bits per heavy atom. The van der Waals surface area contributed by atoms with E-state index in [0.717, 1.165) is 0 Å². The van der Waals surface area contributed by atoms with Gasteiger partial charge in [0.2, 0.25) is 0 Å². The van der Waals surface area contributed by atoms with Gasteiger partial charge >= 0.3 is 5.97 Å². The number of hydrogen-bond acceptors (Lipinski definition) is 6.